The highest BCUT2D eigenvalue weighted by Crippen LogP contribution is 2.61. The van der Waals surface area contributed by atoms with Gasteiger partial charge in [-0.25, -0.2) is 0 Å². The van der Waals surface area contributed by atoms with Crippen molar-refractivity contribution in [3.8, 4) is 0 Å². The van der Waals surface area contributed by atoms with Crippen LogP contribution in [0.4, 0.5) is 11.4 Å². The van der Waals surface area contributed by atoms with Gasteiger partial charge in [0.15, 0.2) is 0 Å². The summed E-state index contributed by atoms with van der Waals surface area (Å²) in [5, 5.41) is 16.2. The molecule has 0 aliphatic heterocycles. The Morgan fingerprint density at radius 1 is 1.16 bits per heavy atom. The van der Waals surface area contributed by atoms with Crippen LogP contribution in [0.3, 0.4) is 0 Å². The molecule has 0 radical (unpaired) electrons. The normalized spacial score (nSPS) is 23.1. The summed E-state index contributed by atoms with van der Waals surface area (Å²) in [6.45, 7) is 0.902. The van der Waals surface area contributed by atoms with E-state index >= 15 is 0 Å². The second-order valence-electron chi connectivity index (χ2n) is 6.95. The molecule has 1 fully saturated rings. The molecule has 1 saturated carbocycles. The van der Waals surface area contributed by atoms with Gasteiger partial charge in [0.1, 0.15) is 0 Å². The lowest BCUT2D eigenvalue weighted by molar-refractivity contribution is -0.383. The summed E-state index contributed by atoms with van der Waals surface area (Å²) < 4.78 is 0. The molecule has 0 saturated heterocycles. The number of hydrogen-bond donors (Lipinski definition) is 1. The Morgan fingerprint density at radius 3 is 2.92 bits per heavy atom. The molecule has 2 aliphatic rings. The van der Waals surface area contributed by atoms with Crippen LogP contribution >= 0.6 is 0 Å². The molecule has 1 N–H and O–H groups in total. The first kappa shape index (κ1) is 14.4. The van der Waals surface area contributed by atoms with Crippen LogP contribution in [0.2, 0.25) is 0 Å². The summed E-state index contributed by atoms with van der Waals surface area (Å²) in [6, 6.07) is 14.0. The fourth-order valence-corrected chi connectivity index (χ4v) is 4.48. The van der Waals surface area contributed by atoms with Crippen molar-refractivity contribution in [2.75, 3.05) is 11.9 Å². The van der Waals surface area contributed by atoms with Gasteiger partial charge in [-0.3, -0.25) is 15.1 Å². The van der Waals surface area contributed by atoms with Crippen LogP contribution in [0.5, 0.6) is 0 Å². The number of nitrogens with zero attached hydrogens (tertiary/aromatic N) is 2. The molecule has 0 bridgehead atoms. The molecule has 3 atom stereocenters. The van der Waals surface area contributed by atoms with Crippen LogP contribution in [-0.2, 0) is 6.42 Å². The average molecular weight is 331 g/mol. The minimum absolute atomic E-state index is 0.103. The molecular formula is C20H17N3O2. The number of nitro groups is 1. The summed E-state index contributed by atoms with van der Waals surface area (Å²) in [5.41, 5.74) is 4.06. The van der Waals surface area contributed by atoms with E-state index in [1.165, 1.54) is 17.5 Å². The summed E-state index contributed by atoms with van der Waals surface area (Å²) in [4.78, 5) is 14.9. The predicted octanol–water partition coefficient (Wildman–Crippen LogP) is 4.14. The summed E-state index contributed by atoms with van der Waals surface area (Å²) >= 11 is 0. The van der Waals surface area contributed by atoms with Crippen LogP contribution in [0.1, 0.15) is 17.0 Å². The number of pyridine rings is 1. The molecule has 2 aromatic carbocycles. The maximum atomic E-state index is 11.2. The van der Waals surface area contributed by atoms with E-state index in [1.54, 1.807) is 18.5 Å². The zero-order valence-electron chi connectivity index (χ0n) is 13.6. The number of nitro benzene ring substituents is 1. The minimum Gasteiger partial charge on any atom is -0.384 e. The number of rotatable bonds is 4. The zero-order chi connectivity index (χ0) is 17.0. The molecule has 3 unspecified atom stereocenters. The van der Waals surface area contributed by atoms with Crippen molar-refractivity contribution in [2.24, 2.45) is 11.8 Å². The van der Waals surface area contributed by atoms with E-state index in [1.807, 2.05) is 12.1 Å². The first-order valence-corrected chi connectivity index (χ1v) is 8.57. The molecule has 124 valence electrons. The van der Waals surface area contributed by atoms with E-state index in [0.29, 0.717) is 17.2 Å². The highest BCUT2D eigenvalue weighted by Gasteiger charge is 2.54. The fourth-order valence-electron chi connectivity index (χ4n) is 4.48. The number of benzene rings is 2. The third-order valence-electron chi connectivity index (χ3n) is 5.72. The molecule has 1 heterocycles. The molecule has 5 rings (SSSR count). The van der Waals surface area contributed by atoms with Gasteiger partial charge in [0.2, 0.25) is 0 Å². The van der Waals surface area contributed by atoms with Crippen LogP contribution in [-0.4, -0.2) is 16.5 Å². The average Bonchev–Trinajstić information content (AvgIpc) is 3.17. The molecule has 5 heteroatoms. The molecule has 5 nitrogen and oxygen atoms in total. The lowest BCUT2D eigenvalue weighted by Gasteiger charge is -2.12. The monoisotopic (exact) mass is 331 g/mol. The van der Waals surface area contributed by atoms with E-state index in [-0.39, 0.29) is 10.6 Å². The van der Waals surface area contributed by atoms with E-state index in [2.05, 4.69) is 34.6 Å². The van der Waals surface area contributed by atoms with E-state index in [0.717, 1.165) is 23.5 Å². The van der Waals surface area contributed by atoms with Gasteiger partial charge in [-0.15, -0.1) is 0 Å². The van der Waals surface area contributed by atoms with Crippen molar-refractivity contribution in [3.05, 3.63) is 76.1 Å². The Kier molecular flexibility index (Phi) is 3.04. The van der Waals surface area contributed by atoms with Gasteiger partial charge in [-0.2, -0.15) is 0 Å². The van der Waals surface area contributed by atoms with Gasteiger partial charge in [-0.1, -0.05) is 24.3 Å². The zero-order valence-corrected chi connectivity index (χ0v) is 13.6. The Bertz CT molecular complexity index is 1000. The lowest BCUT2D eigenvalue weighted by atomic mass is 10.0. The van der Waals surface area contributed by atoms with Crippen molar-refractivity contribution in [3.63, 3.8) is 0 Å². The number of aromatic nitrogens is 1. The smallest absolute Gasteiger partial charge is 0.278 e. The highest BCUT2D eigenvalue weighted by atomic mass is 16.6. The Morgan fingerprint density at radius 2 is 2.04 bits per heavy atom. The first-order chi connectivity index (χ1) is 12.2. The number of fused-ring (bicyclic) bond motifs is 4. The maximum absolute atomic E-state index is 11.2. The van der Waals surface area contributed by atoms with Crippen molar-refractivity contribution in [1.29, 1.82) is 0 Å². The number of anilines is 1. The quantitative estimate of drug-likeness (QED) is 0.576. The lowest BCUT2D eigenvalue weighted by Crippen LogP contribution is -2.08. The number of nitrogens with one attached hydrogen (secondary N) is 1. The van der Waals surface area contributed by atoms with E-state index < -0.39 is 0 Å². The Balaban J connectivity index is 1.38. The van der Waals surface area contributed by atoms with Gasteiger partial charge in [0, 0.05) is 36.1 Å². The fraction of sp³-hybridized carbons (Fsp3) is 0.250. The molecule has 0 spiro atoms. The maximum Gasteiger partial charge on any atom is 0.278 e. The summed E-state index contributed by atoms with van der Waals surface area (Å²) in [7, 11) is 0. The van der Waals surface area contributed by atoms with Gasteiger partial charge in [0.05, 0.1) is 10.3 Å². The molecule has 0 amide bonds. The molecule has 1 aromatic heterocycles. The van der Waals surface area contributed by atoms with E-state index in [4.69, 9.17) is 0 Å². The van der Waals surface area contributed by atoms with Gasteiger partial charge >= 0.3 is 0 Å². The predicted molar refractivity (Wildman–Crippen MR) is 96.8 cm³/mol. The minimum atomic E-state index is -0.351. The molecule has 3 aromatic rings. The van der Waals surface area contributed by atoms with Gasteiger partial charge in [0.25, 0.3) is 5.69 Å². The second kappa shape index (κ2) is 5.28. The largest absolute Gasteiger partial charge is 0.384 e. The Hall–Kier alpha value is -2.95. The van der Waals surface area contributed by atoms with Crippen LogP contribution < -0.4 is 5.32 Å². The summed E-state index contributed by atoms with van der Waals surface area (Å²) in [6.07, 6.45) is 4.43. The first-order valence-electron chi connectivity index (χ1n) is 8.57. The van der Waals surface area contributed by atoms with Crippen molar-refractivity contribution in [1.82, 2.24) is 4.98 Å². The van der Waals surface area contributed by atoms with Crippen LogP contribution in [0.25, 0.3) is 10.8 Å². The van der Waals surface area contributed by atoms with Crippen molar-refractivity contribution >= 4 is 22.1 Å². The van der Waals surface area contributed by atoms with Crippen LogP contribution in [0.15, 0.2) is 54.9 Å². The number of hydrogen-bond acceptors (Lipinski definition) is 4. The van der Waals surface area contributed by atoms with Gasteiger partial charge < -0.3 is 5.32 Å². The highest BCUT2D eigenvalue weighted by molar-refractivity contribution is 5.99. The van der Waals surface area contributed by atoms with E-state index in [9.17, 15) is 10.1 Å². The SMILES string of the molecule is O=[N+]([O-])c1ccc(NCC2C3Cc4ccccc4C23)c2ccncc12. The van der Waals surface area contributed by atoms with Crippen molar-refractivity contribution < 1.29 is 4.92 Å². The third-order valence-corrected chi connectivity index (χ3v) is 5.72. The van der Waals surface area contributed by atoms with Crippen molar-refractivity contribution in [2.45, 2.75) is 12.3 Å². The summed E-state index contributed by atoms with van der Waals surface area (Å²) in [5.74, 6) is 2.08. The second-order valence-corrected chi connectivity index (χ2v) is 6.95. The standard InChI is InChI=1S/C20H17N3O2/c24-23(25)19-6-5-18(14-7-8-21-10-16(14)19)22-11-17-15-9-12-3-1-2-4-13(12)20(15)17/h1-8,10,15,17,20,22H,9,11H2. The third kappa shape index (κ3) is 2.19. The topological polar surface area (TPSA) is 68.1 Å². The Labute approximate surface area is 144 Å². The molecule has 25 heavy (non-hydrogen) atoms. The molecule has 2 aliphatic carbocycles. The number of non-ortho nitro benzene ring substituents is 1. The van der Waals surface area contributed by atoms with Crippen LogP contribution in [0, 0.1) is 22.0 Å². The van der Waals surface area contributed by atoms with Gasteiger partial charge in [-0.05, 0) is 47.4 Å². The molecular weight excluding hydrogens is 314 g/mol.